The topological polar surface area (TPSA) is 52.0 Å². The van der Waals surface area contributed by atoms with Crippen molar-refractivity contribution in [1.29, 1.82) is 0 Å². The van der Waals surface area contributed by atoms with Crippen LogP contribution in [0.1, 0.15) is 24.1 Å². The standard InChI is InChI=1S/C13H16N2O/c1-9-5-3-4-6-11(9)13-15-12(8-16-13)10(2)7-14/h3-6,8,10H,7,14H2,1-2H3. The quantitative estimate of drug-likeness (QED) is 0.858. The monoisotopic (exact) mass is 216 g/mol. The van der Waals surface area contributed by atoms with E-state index in [0.29, 0.717) is 12.4 Å². The molecule has 2 N–H and O–H groups in total. The third kappa shape index (κ3) is 1.99. The molecule has 16 heavy (non-hydrogen) atoms. The smallest absolute Gasteiger partial charge is 0.226 e. The van der Waals surface area contributed by atoms with Crippen LogP contribution in [0.2, 0.25) is 0 Å². The number of hydrogen-bond donors (Lipinski definition) is 1. The van der Waals surface area contributed by atoms with Crippen LogP contribution >= 0.6 is 0 Å². The Morgan fingerprint density at radius 1 is 1.38 bits per heavy atom. The summed E-state index contributed by atoms with van der Waals surface area (Å²) in [5, 5.41) is 0. The molecule has 0 aliphatic heterocycles. The molecule has 2 aromatic rings. The molecule has 0 saturated heterocycles. The molecule has 1 heterocycles. The number of benzene rings is 1. The number of oxazole rings is 1. The predicted molar refractivity (Wildman–Crippen MR) is 64.1 cm³/mol. The first-order chi connectivity index (χ1) is 7.72. The third-order valence-electron chi connectivity index (χ3n) is 2.76. The zero-order valence-electron chi connectivity index (χ0n) is 9.60. The number of aromatic nitrogens is 1. The van der Waals surface area contributed by atoms with Crippen LogP contribution in [0.4, 0.5) is 0 Å². The van der Waals surface area contributed by atoms with Crippen LogP contribution in [0.3, 0.4) is 0 Å². The summed E-state index contributed by atoms with van der Waals surface area (Å²) in [7, 11) is 0. The van der Waals surface area contributed by atoms with Crippen molar-refractivity contribution in [3.63, 3.8) is 0 Å². The van der Waals surface area contributed by atoms with Crippen LogP contribution in [0.25, 0.3) is 11.5 Å². The Bertz CT molecular complexity index is 476. The summed E-state index contributed by atoms with van der Waals surface area (Å²) in [5.41, 5.74) is 8.72. The molecule has 0 amide bonds. The molecule has 3 nitrogen and oxygen atoms in total. The number of aryl methyl sites for hydroxylation is 1. The van der Waals surface area contributed by atoms with E-state index in [1.807, 2.05) is 38.1 Å². The molecule has 0 aliphatic rings. The molecule has 1 aromatic carbocycles. The minimum absolute atomic E-state index is 0.238. The lowest BCUT2D eigenvalue weighted by Crippen LogP contribution is -2.08. The van der Waals surface area contributed by atoms with E-state index in [4.69, 9.17) is 10.2 Å². The Morgan fingerprint density at radius 3 is 2.81 bits per heavy atom. The van der Waals surface area contributed by atoms with Crippen molar-refractivity contribution in [2.24, 2.45) is 5.73 Å². The van der Waals surface area contributed by atoms with Crippen molar-refractivity contribution in [2.45, 2.75) is 19.8 Å². The Labute approximate surface area is 95.3 Å². The molecule has 0 spiro atoms. The highest BCUT2D eigenvalue weighted by Crippen LogP contribution is 2.24. The molecule has 84 valence electrons. The summed E-state index contributed by atoms with van der Waals surface area (Å²) in [6.45, 7) is 4.67. The molecule has 0 saturated carbocycles. The lowest BCUT2D eigenvalue weighted by atomic mass is 10.1. The Kier molecular flexibility index (Phi) is 3.06. The molecule has 0 fully saturated rings. The first kappa shape index (κ1) is 10.9. The van der Waals surface area contributed by atoms with Gasteiger partial charge in [-0.2, -0.15) is 0 Å². The van der Waals surface area contributed by atoms with Gasteiger partial charge in [0.25, 0.3) is 0 Å². The fourth-order valence-electron chi connectivity index (χ4n) is 1.57. The summed E-state index contributed by atoms with van der Waals surface area (Å²) in [4.78, 5) is 4.47. The van der Waals surface area contributed by atoms with Crippen molar-refractivity contribution < 1.29 is 4.42 Å². The van der Waals surface area contributed by atoms with Gasteiger partial charge < -0.3 is 10.2 Å². The van der Waals surface area contributed by atoms with Crippen molar-refractivity contribution in [2.75, 3.05) is 6.54 Å². The number of hydrogen-bond acceptors (Lipinski definition) is 3. The van der Waals surface area contributed by atoms with Crippen LogP contribution in [0.15, 0.2) is 34.9 Å². The number of rotatable bonds is 3. The van der Waals surface area contributed by atoms with Gasteiger partial charge in [-0.05, 0) is 18.6 Å². The van der Waals surface area contributed by atoms with Crippen LogP contribution < -0.4 is 5.73 Å². The molecule has 1 aromatic heterocycles. The van der Waals surface area contributed by atoms with E-state index in [1.54, 1.807) is 6.26 Å². The molecule has 1 unspecified atom stereocenters. The molecule has 3 heteroatoms. The normalized spacial score (nSPS) is 12.7. The average molecular weight is 216 g/mol. The zero-order chi connectivity index (χ0) is 11.5. The van der Waals surface area contributed by atoms with Crippen LogP contribution in [-0.4, -0.2) is 11.5 Å². The van der Waals surface area contributed by atoms with E-state index >= 15 is 0 Å². The van der Waals surface area contributed by atoms with E-state index in [1.165, 1.54) is 0 Å². The van der Waals surface area contributed by atoms with Gasteiger partial charge in [0.15, 0.2) is 0 Å². The number of nitrogens with zero attached hydrogens (tertiary/aromatic N) is 1. The van der Waals surface area contributed by atoms with Crippen molar-refractivity contribution in [3.8, 4) is 11.5 Å². The lowest BCUT2D eigenvalue weighted by Gasteiger charge is -2.02. The van der Waals surface area contributed by atoms with Crippen molar-refractivity contribution >= 4 is 0 Å². The second kappa shape index (κ2) is 4.49. The minimum Gasteiger partial charge on any atom is -0.444 e. The second-order valence-corrected chi connectivity index (χ2v) is 4.03. The summed E-state index contributed by atoms with van der Waals surface area (Å²) < 4.78 is 5.49. The summed E-state index contributed by atoms with van der Waals surface area (Å²) in [6, 6.07) is 8.05. The molecule has 0 bridgehead atoms. The fraction of sp³-hybridized carbons (Fsp3) is 0.308. The van der Waals surface area contributed by atoms with Gasteiger partial charge in [0.1, 0.15) is 6.26 Å². The maximum absolute atomic E-state index is 5.60. The van der Waals surface area contributed by atoms with Gasteiger partial charge in [0.2, 0.25) is 5.89 Å². The van der Waals surface area contributed by atoms with Crippen molar-refractivity contribution in [1.82, 2.24) is 4.98 Å². The SMILES string of the molecule is Cc1ccccc1-c1nc(C(C)CN)co1. The van der Waals surface area contributed by atoms with Crippen LogP contribution in [0.5, 0.6) is 0 Å². The van der Waals surface area contributed by atoms with Gasteiger partial charge in [-0.3, -0.25) is 0 Å². The third-order valence-corrected chi connectivity index (χ3v) is 2.76. The highest BCUT2D eigenvalue weighted by molar-refractivity contribution is 5.58. The van der Waals surface area contributed by atoms with E-state index in [9.17, 15) is 0 Å². The van der Waals surface area contributed by atoms with Gasteiger partial charge in [-0.25, -0.2) is 4.98 Å². The second-order valence-electron chi connectivity index (χ2n) is 4.03. The highest BCUT2D eigenvalue weighted by atomic mass is 16.3. The largest absolute Gasteiger partial charge is 0.444 e. The lowest BCUT2D eigenvalue weighted by molar-refractivity contribution is 0.570. The van der Waals surface area contributed by atoms with E-state index in [0.717, 1.165) is 16.8 Å². The molecular formula is C13H16N2O. The van der Waals surface area contributed by atoms with E-state index in [-0.39, 0.29) is 5.92 Å². The van der Waals surface area contributed by atoms with Crippen LogP contribution in [-0.2, 0) is 0 Å². The molecule has 1 atom stereocenters. The van der Waals surface area contributed by atoms with E-state index in [2.05, 4.69) is 4.98 Å². The predicted octanol–water partition coefficient (Wildman–Crippen LogP) is 2.71. The number of nitrogens with two attached hydrogens (primary N) is 1. The minimum atomic E-state index is 0.238. The van der Waals surface area contributed by atoms with Gasteiger partial charge in [0.05, 0.1) is 5.69 Å². The van der Waals surface area contributed by atoms with Gasteiger partial charge >= 0.3 is 0 Å². The summed E-state index contributed by atoms with van der Waals surface area (Å²) in [6.07, 6.45) is 1.69. The fourth-order valence-corrected chi connectivity index (χ4v) is 1.57. The Morgan fingerprint density at radius 2 is 2.12 bits per heavy atom. The summed E-state index contributed by atoms with van der Waals surface area (Å²) in [5.74, 6) is 0.912. The first-order valence-corrected chi connectivity index (χ1v) is 5.44. The van der Waals surface area contributed by atoms with Crippen LogP contribution in [0, 0.1) is 6.92 Å². The van der Waals surface area contributed by atoms with Gasteiger partial charge in [0, 0.05) is 18.0 Å². The first-order valence-electron chi connectivity index (χ1n) is 5.44. The Balaban J connectivity index is 2.35. The Hall–Kier alpha value is -1.61. The molecule has 0 radical (unpaired) electrons. The zero-order valence-corrected chi connectivity index (χ0v) is 9.60. The average Bonchev–Trinajstić information content (AvgIpc) is 2.78. The molecule has 0 aliphatic carbocycles. The maximum atomic E-state index is 5.60. The molecular weight excluding hydrogens is 200 g/mol. The van der Waals surface area contributed by atoms with E-state index < -0.39 is 0 Å². The van der Waals surface area contributed by atoms with Gasteiger partial charge in [-0.15, -0.1) is 0 Å². The maximum Gasteiger partial charge on any atom is 0.226 e. The molecule has 2 rings (SSSR count). The van der Waals surface area contributed by atoms with Gasteiger partial charge in [-0.1, -0.05) is 25.1 Å². The summed E-state index contributed by atoms with van der Waals surface area (Å²) >= 11 is 0. The highest BCUT2D eigenvalue weighted by Gasteiger charge is 2.12. The van der Waals surface area contributed by atoms with Crippen molar-refractivity contribution in [3.05, 3.63) is 41.8 Å².